The molecule has 0 fully saturated rings. The largest absolute Gasteiger partial charge is 0.545 e. The summed E-state index contributed by atoms with van der Waals surface area (Å²) in [6, 6.07) is 13.6. The number of aromatic carboxylic acids is 1. The van der Waals surface area contributed by atoms with Crippen molar-refractivity contribution in [3.63, 3.8) is 0 Å². The van der Waals surface area contributed by atoms with E-state index in [4.69, 9.17) is 11.6 Å². The summed E-state index contributed by atoms with van der Waals surface area (Å²) in [4.78, 5) is 22.6. The van der Waals surface area contributed by atoms with Gasteiger partial charge in [-0.15, -0.1) is 10.2 Å². The molecule has 0 aliphatic rings. The number of amides is 1. The predicted molar refractivity (Wildman–Crippen MR) is 118 cm³/mol. The first kappa shape index (κ1) is 22.3. The number of benzene rings is 2. The Morgan fingerprint density at radius 1 is 1.10 bits per heavy atom. The van der Waals surface area contributed by atoms with E-state index in [1.54, 1.807) is 12.1 Å². The van der Waals surface area contributed by atoms with Gasteiger partial charge < -0.3 is 9.90 Å². The molecule has 154 valence electrons. The summed E-state index contributed by atoms with van der Waals surface area (Å²) < 4.78 is 1.49. The molecule has 1 amide bonds. The van der Waals surface area contributed by atoms with Crippen molar-refractivity contribution in [2.75, 3.05) is 5.75 Å². The van der Waals surface area contributed by atoms with Crippen molar-refractivity contribution in [2.45, 2.75) is 14.4 Å². The van der Waals surface area contributed by atoms with Crippen molar-refractivity contribution in [1.29, 1.82) is 0 Å². The SMILES string of the molecule is O=C(CSc1nnc(SCc2ccccc2Cl)s1)N/N=C/c1ccc(C(=O)[O-])cc1. The minimum Gasteiger partial charge on any atom is -0.545 e. The Labute approximate surface area is 190 Å². The lowest BCUT2D eigenvalue weighted by Gasteiger charge is -2.01. The van der Waals surface area contributed by atoms with Crippen molar-refractivity contribution in [3.8, 4) is 0 Å². The Kier molecular flexibility index (Phi) is 8.26. The van der Waals surface area contributed by atoms with Crippen LogP contribution in [0.4, 0.5) is 0 Å². The highest BCUT2D eigenvalue weighted by Crippen LogP contribution is 2.32. The van der Waals surface area contributed by atoms with Gasteiger partial charge in [0.2, 0.25) is 0 Å². The normalized spacial score (nSPS) is 11.0. The van der Waals surface area contributed by atoms with E-state index in [-0.39, 0.29) is 17.2 Å². The predicted octanol–water partition coefficient (Wildman–Crippen LogP) is 3.09. The van der Waals surface area contributed by atoms with Gasteiger partial charge >= 0.3 is 0 Å². The van der Waals surface area contributed by atoms with E-state index in [2.05, 4.69) is 20.7 Å². The molecule has 3 aromatic rings. The third-order valence-corrected chi connectivity index (χ3v) is 7.18. The van der Waals surface area contributed by atoms with Crippen LogP contribution >= 0.6 is 46.5 Å². The third kappa shape index (κ3) is 6.84. The molecule has 1 N–H and O–H groups in total. The average molecular weight is 478 g/mol. The fourth-order valence-electron chi connectivity index (χ4n) is 2.11. The molecular formula is C19H14ClN4O3S3-. The zero-order valence-electron chi connectivity index (χ0n) is 15.3. The van der Waals surface area contributed by atoms with E-state index in [0.717, 1.165) is 14.9 Å². The van der Waals surface area contributed by atoms with Crippen LogP contribution in [0.2, 0.25) is 5.02 Å². The van der Waals surface area contributed by atoms with Crippen LogP contribution in [0.5, 0.6) is 0 Å². The summed E-state index contributed by atoms with van der Waals surface area (Å²) in [5, 5.41) is 23.5. The number of halogens is 1. The van der Waals surface area contributed by atoms with Crippen LogP contribution in [0.15, 0.2) is 62.3 Å². The summed E-state index contributed by atoms with van der Waals surface area (Å²) in [5.74, 6) is -0.697. The number of carboxylic acid groups (broad SMARTS) is 1. The zero-order chi connectivity index (χ0) is 21.3. The maximum atomic E-state index is 11.9. The Morgan fingerprint density at radius 3 is 2.50 bits per heavy atom. The Hall–Kier alpha value is -2.40. The van der Waals surface area contributed by atoms with Gasteiger partial charge in [0.25, 0.3) is 5.91 Å². The highest BCUT2D eigenvalue weighted by molar-refractivity contribution is 8.03. The fraction of sp³-hybridized carbons (Fsp3) is 0.105. The molecule has 0 atom stereocenters. The molecule has 0 spiro atoms. The third-order valence-electron chi connectivity index (χ3n) is 3.57. The van der Waals surface area contributed by atoms with E-state index in [1.807, 2.05) is 24.3 Å². The standard InChI is InChI=1S/C19H15ClN4O3S3/c20-15-4-2-1-3-14(15)10-28-18-23-24-19(30-18)29-11-16(25)22-21-9-12-5-7-13(8-6-12)17(26)27/h1-9H,10-11H2,(H,22,25)(H,26,27)/p-1/b21-9+. The number of hydrogen-bond acceptors (Lipinski definition) is 9. The molecule has 3 rings (SSSR count). The lowest BCUT2D eigenvalue weighted by atomic mass is 10.1. The number of hydrazone groups is 1. The van der Waals surface area contributed by atoms with Gasteiger partial charge in [-0.1, -0.05) is 88.9 Å². The van der Waals surface area contributed by atoms with Crippen LogP contribution in [0.25, 0.3) is 0 Å². The van der Waals surface area contributed by atoms with Gasteiger partial charge in [-0.3, -0.25) is 4.79 Å². The molecule has 1 aromatic heterocycles. The molecule has 0 aliphatic heterocycles. The number of nitrogens with zero attached hydrogens (tertiary/aromatic N) is 3. The molecule has 7 nitrogen and oxygen atoms in total. The second-order valence-electron chi connectivity index (χ2n) is 5.71. The molecule has 1 heterocycles. The van der Waals surface area contributed by atoms with Crippen LogP contribution < -0.4 is 10.5 Å². The van der Waals surface area contributed by atoms with E-state index in [0.29, 0.717) is 15.7 Å². The first-order chi connectivity index (χ1) is 14.5. The van der Waals surface area contributed by atoms with Gasteiger partial charge in [-0.25, -0.2) is 5.43 Å². The Balaban J connectivity index is 1.41. The maximum absolute atomic E-state index is 11.9. The summed E-state index contributed by atoms with van der Waals surface area (Å²) in [5.41, 5.74) is 4.17. The second kappa shape index (κ2) is 11.1. The highest BCUT2D eigenvalue weighted by atomic mass is 35.5. The minimum absolute atomic E-state index is 0.0778. The Bertz CT molecular complexity index is 1060. The maximum Gasteiger partial charge on any atom is 0.250 e. The number of carbonyl (C=O) groups excluding carboxylic acids is 2. The fourth-order valence-corrected chi connectivity index (χ4v) is 5.21. The molecular weight excluding hydrogens is 464 g/mol. The molecule has 0 aliphatic carbocycles. The van der Waals surface area contributed by atoms with Gasteiger partial charge in [0, 0.05) is 10.8 Å². The quantitative estimate of drug-likeness (QED) is 0.286. The smallest absolute Gasteiger partial charge is 0.250 e. The summed E-state index contributed by atoms with van der Waals surface area (Å²) in [6.45, 7) is 0. The first-order valence-corrected chi connectivity index (χ1v) is 11.6. The number of carbonyl (C=O) groups is 2. The molecule has 2 aromatic carbocycles. The highest BCUT2D eigenvalue weighted by Gasteiger charge is 2.09. The van der Waals surface area contributed by atoms with Gasteiger partial charge in [-0.05, 0) is 22.8 Å². The number of carboxylic acids is 1. The van der Waals surface area contributed by atoms with Crippen LogP contribution in [-0.2, 0) is 10.5 Å². The molecule has 0 saturated heterocycles. The van der Waals surface area contributed by atoms with Crippen LogP contribution in [-0.4, -0.2) is 34.0 Å². The summed E-state index contributed by atoms with van der Waals surface area (Å²) in [7, 11) is 0. The van der Waals surface area contributed by atoms with E-state index < -0.39 is 5.97 Å². The second-order valence-corrected chi connectivity index (χ2v) is 9.53. The monoisotopic (exact) mass is 477 g/mol. The van der Waals surface area contributed by atoms with Crippen LogP contribution in [0.3, 0.4) is 0 Å². The van der Waals surface area contributed by atoms with Gasteiger partial charge in [0.1, 0.15) is 0 Å². The van der Waals surface area contributed by atoms with Crippen molar-refractivity contribution in [3.05, 3.63) is 70.2 Å². The van der Waals surface area contributed by atoms with Crippen LogP contribution in [0.1, 0.15) is 21.5 Å². The topological polar surface area (TPSA) is 107 Å². The summed E-state index contributed by atoms with van der Waals surface area (Å²) in [6.07, 6.45) is 1.43. The van der Waals surface area contributed by atoms with E-state index in [1.165, 1.54) is 53.2 Å². The molecule has 0 radical (unpaired) electrons. The molecule has 30 heavy (non-hydrogen) atoms. The molecule has 0 unspecified atom stereocenters. The van der Waals surface area contributed by atoms with Gasteiger partial charge in [-0.2, -0.15) is 5.10 Å². The van der Waals surface area contributed by atoms with Crippen molar-refractivity contribution in [1.82, 2.24) is 15.6 Å². The number of aromatic nitrogens is 2. The number of thioether (sulfide) groups is 2. The van der Waals surface area contributed by atoms with E-state index >= 15 is 0 Å². The van der Waals surface area contributed by atoms with Crippen molar-refractivity contribution < 1.29 is 14.7 Å². The van der Waals surface area contributed by atoms with Gasteiger partial charge in [0.15, 0.2) is 8.68 Å². The zero-order valence-corrected chi connectivity index (χ0v) is 18.5. The molecule has 0 saturated carbocycles. The van der Waals surface area contributed by atoms with Crippen molar-refractivity contribution >= 4 is 64.6 Å². The minimum atomic E-state index is -1.24. The van der Waals surface area contributed by atoms with Crippen molar-refractivity contribution in [2.24, 2.45) is 5.10 Å². The number of rotatable bonds is 9. The van der Waals surface area contributed by atoms with E-state index in [9.17, 15) is 14.7 Å². The lowest BCUT2D eigenvalue weighted by Crippen LogP contribution is -2.22. The average Bonchev–Trinajstić information content (AvgIpc) is 3.20. The molecule has 0 bridgehead atoms. The lowest BCUT2D eigenvalue weighted by molar-refractivity contribution is -0.255. The molecule has 11 heteroatoms. The number of hydrogen-bond donors (Lipinski definition) is 1. The Morgan fingerprint density at radius 2 is 1.80 bits per heavy atom. The first-order valence-electron chi connectivity index (χ1n) is 8.47. The van der Waals surface area contributed by atoms with Crippen LogP contribution in [0, 0.1) is 0 Å². The van der Waals surface area contributed by atoms with Gasteiger partial charge in [0.05, 0.1) is 17.9 Å². The number of nitrogens with one attached hydrogen (secondary N) is 1. The summed E-state index contributed by atoms with van der Waals surface area (Å²) >= 11 is 10.4.